The van der Waals surface area contributed by atoms with Gasteiger partial charge in [0.15, 0.2) is 0 Å². The van der Waals surface area contributed by atoms with Crippen molar-refractivity contribution in [2.75, 3.05) is 19.7 Å². The van der Waals surface area contributed by atoms with Crippen molar-refractivity contribution >= 4 is 0 Å². The van der Waals surface area contributed by atoms with E-state index in [2.05, 4.69) is 37.4 Å². The van der Waals surface area contributed by atoms with Gasteiger partial charge in [0.2, 0.25) is 0 Å². The van der Waals surface area contributed by atoms with Crippen LogP contribution in [0.15, 0.2) is 24.3 Å². The van der Waals surface area contributed by atoms with E-state index in [0.717, 1.165) is 37.8 Å². The number of para-hydroxylation sites is 1. The Labute approximate surface area is 104 Å². The van der Waals surface area contributed by atoms with Crippen LogP contribution in [-0.2, 0) is 0 Å². The van der Waals surface area contributed by atoms with Crippen molar-refractivity contribution in [3.63, 3.8) is 0 Å². The molecule has 0 aromatic heterocycles. The molecular formula is C15H23NO. The molecule has 94 valence electrons. The van der Waals surface area contributed by atoms with Gasteiger partial charge in [0.25, 0.3) is 0 Å². The molecular weight excluding hydrogens is 210 g/mol. The van der Waals surface area contributed by atoms with Crippen molar-refractivity contribution in [3.05, 3.63) is 29.8 Å². The zero-order valence-electron chi connectivity index (χ0n) is 10.9. The summed E-state index contributed by atoms with van der Waals surface area (Å²) in [5.41, 5.74) is 1.37. The van der Waals surface area contributed by atoms with Gasteiger partial charge in [-0.2, -0.15) is 0 Å². The van der Waals surface area contributed by atoms with Gasteiger partial charge >= 0.3 is 0 Å². The van der Waals surface area contributed by atoms with Crippen molar-refractivity contribution in [2.45, 2.75) is 32.6 Å². The van der Waals surface area contributed by atoms with Crippen LogP contribution in [0.25, 0.3) is 0 Å². The quantitative estimate of drug-likeness (QED) is 0.789. The molecule has 0 amide bonds. The molecule has 1 unspecified atom stereocenters. The lowest BCUT2D eigenvalue weighted by molar-refractivity contribution is 0.264. The van der Waals surface area contributed by atoms with Crippen LogP contribution in [0.3, 0.4) is 0 Å². The fourth-order valence-corrected chi connectivity index (χ4v) is 2.29. The van der Waals surface area contributed by atoms with Crippen LogP contribution in [-0.4, -0.2) is 19.7 Å². The molecule has 0 spiro atoms. The van der Waals surface area contributed by atoms with Gasteiger partial charge in [0, 0.05) is 12.5 Å². The third kappa shape index (κ3) is 3.47. The van der Waals surface area contributed by atoms with Gasteiger partial charge in [-0.15, -0.1) is 0 Å². The standard InChI is InChI=1S/C15H23NO/c1-12(2)7-9-16-11-13-8-10-17-15-6-4-3-5-14(13)15/h3-6,12-13,16H,7-11H2,1-2H3. The lowest BCUT2D eigenvalue weighted by atomic mass is 9.93. The molecule has 2 heteroatoms. The third-order valence-electron chi connectivity index (χ3n) is 3.37. The first-order valence-electron chi connectivity index (χ1n) is 6.70. The monoisotopic (exact) mass is 233 g/mol. The van der Waals surface area contributed by atoms with E-state index in [1.165, 1.54) is 12.0 Å². The molecule has 0 radical (unpaired) electrons. The second-order valence-electron chi connectivity index (χ2n) is 5.26. The molecule has 1 atom stereocenters. The first-order valence-corrected chi connectivity index (χ1v) is 6.70. The van der Waals surface area contributed by atoms with Crippen molar-refractivity contribution in [1.29, 1.82) is 0 Å². The Morgan fingerprint density at radius 3 is 3.00 bits per heavy atom. The first-order chi connectivity index (χ1) is 8.27. The van der Waals surface area contributed by atoms with Crippen LogP contribution >= 0.6 is 0 Å². The average Bonchev–Trinajstić information content (AvgIpc) is 2.34. The van der Waals surface area contributed by atoms with Crippen molar-refractivity contribution in [3.8, 4) is 5.75 Å². The molecule has 1 aromatic carbocycles. The Balaban J connectivity index is 1.86. The van der Waals surface area contributed by atoms with Gasteiger partial charge in [-0.05, 0) is 36.9 Å². The van der Waals surface area contributed by atoms with Crippen molar-refractivity contribution in [2.24, 2.45) is 5.92 Å². The Kier molecular flexibility index (Phi) is 4.43. The molecule has 1 aliphatic rings. The number of fused-ring (bicyclic) bond motifs is 1. The molecule has 2 rings (SSSR count). The summed E-state index contributed by atoms with van der Waals surface area (Å²) in [5.74, 6) is 2.48. The summed E-state index contributed by atoms with van der Waals surface area (Å²) >= 11 is 0. The lowest BCUT2D eigenvalue weighted by Gasteiger charge is -2.26. The van der Waals surface area contributed by atoms with Gasteiger partial charge in [-0.25, -0.2) is 0 Å². The summed E-state index contributed by atoms with van der Waals surface area (Å²) < 4.78 is 5.67. The maximum atomic E-state index is 5.67. The van der Waals surface area contributed by atoms with Crippen LogP contribution in [0.4, 0.5) is 0 Å². The van der Waals surface area contributed by atoms with Gasteiger partial charge in [-0.3, -0.25) is 0 Å². The SMILES string of the molecule is CC(C)CCNCC1CCOc2ccccc21. The van der Waals surface area contributed by atoms with Crippen molar-refractivity contribution < 1.29 is 4.74 Å². The lowest BCUT2D eigenvalue weighted by Crippen LogP contribution is -2.27. The Hall–Kier alpha value is -1.02. The van der Waals surface area contributed by atoms with Gasteiger partial charge in [-0.1, -0.05) is 32.0 Å². The minimum absolute atomic E-state index is 0.618. The van der Waals surface area contributed by atoms with Gasteiger partial charge in [0.1, 0.15) is 5.75 Å². The molecule has 1 aliphatic heterocycles. The first kappa shape index (κ1) is 12.4. The zero-order chi connectivity index (χ0) is 12.1. The molecule has 1 N–H and O–H groups in total. The second kappa shape index (κ2) is 6.06. The third-order valence-corrected chi connectivity index (χ3v) is 3.37. The van der Waals surface area contributed by atoms with E-state index in [1.807, 2.05) is 6.07 Å². The number of benzene rings is 1. The summed E-state index contributed by atoms with van der Waals surface area (Å²) in [6, 6.07) is 8.43. The maximum absolute atomic E-state index is 5.67. The van der Waals surface area contributed by atoms with E-state index in [-0.39, 0.29) is 0 Å². The smallest absolute Gasteiger partial charge is 0.122 e. The predicted molar refractivity (Wildman–Crippen MR) is 71.6 cm³/mol. The number of hydrogen-bond acceptors (Lipinski definition) is 2. The molecule has 0 saturated heterocycles. The van der Waals surface area contributed by atoms with E-state index in [9.17, 15) is 0 Å². The highest BCUT2D eigenvalue weighted by Gasteiger charge is 2.20. The summed E-state index contributed by atoms with van der Waals surface area (Å²) in [5, 5.41) is 3.57. The zero-order valence-corrected chi connectivity index (χ0v) is 10.9. The minimum Gasteiger partial charge on any atom is -0.493 e. The van der Waals surface area contributed by atoms with Crippen LogP contribution in [0.2, 0.25) is 0 Å². The molecule has 0 bridgehead atoms. The molecule has 17 heavy (non-hydrogen) atoms. The highest BCUT2D eigenvalue weighted by atomic mass is 16.5. The number of hydrogen-bond donors (Lipinski definition) is 1. The summed E-state index contributed by atoms with van der Waals surface area (Å²) in [4.78, 5) is 0. The van der Waals surface area contributed by atoms with E-state index in [4.69, 9.17) is 4.74 Å². The fourth-order valence-electron chi connectivity index (χ4n) is 2.29. The Morgan fingerprint density at radius 1 is 1.35 bits per heavy atom. The largest absolute Gasteiger partial charge is 0.493 e. The second-order valence-corrected chi connectivity index (χ2v) is 5.26. The van der Waals surface area contributed by atoms with Crippen LogP contribution in [0.1, 0.15) is 38.2 Å². The van der Waals surface area contributed by atoms with E-state index < -0.39 is 0 Å². The highest BCUT2D eigenvalue weighted by molar-refractivity contribution is 5.37. The van der Waals surface area contributed by atoms with Gasteiger partial charge < -0.3 is 10.1 Å². The minimum atomic E-state index is 0.618. The van der Waals surface area contributed by atoms with Crippen LogP contribution in [0, 0.1) is 5.92 Å². The molecule has 1 aromatic rings. The van der Waals surface area contributed by atoms with Gasteiger partial charge in [0.05, 0.1) is 6.61 Å². The fraction of sp³-hybridized carbons (Fsp3) is 0.600. The van der Waals surface area contributed by atoms with Crippen LogP contribution in [0.5, 0.6) is 5.75 Å². The molecule has 0 saturated carbocycles. The number of nitrogens with one attached hydrogen (secondary N) is 1. The Morgan fingerprint density at radius 2 is 2.18 bits per heavy atom. The van der Waals surface area contributed by atoms with E-state index in [0.29, 0.717) is 5.92 Å². The van der Waals surface area contributed by atoms with Crippen molar-refractivity contribution in [1.82, 2.24) is 5.32 Å². The average molecular weight is 233 g/mol. The summed E-state index contributed by atoms with van der Waals surface area (Å²) in [7, 11) is 0. The molecule has 1 heterocycles. The highest BCUT2D eigenvalue weighted by Crippen LogP contribution is 2.32. The summed E-state index contributed by atoms with van der Waals surface area (Å²) in [6.45, 7) is 7.59. The molecule has 0 fully saturated rings. The Bertz CT molecular complexity index is 349. The summed E-state index contributed by atoms with van der Waals surface area (Å²) in [6.07, 6.45) is 2.39. The predicted octanol–water partition coefficient (Wildman–Crippen LogP) is 3.19. The number of rotatable bonds is 5. The topological polar surface area (TPSA) is 21.3 Å². The molecule has 2 nitrogen and oxygen atoms in total. The van der Waals surface area contributed by atoms with E-state index in [1.54, 1.807) is 0 Å². The number of ether oxygens (including phenoxy) is 1. The van der Waals surface area contributed by atoms with E-state index >= 15 is 0 Å². The molecule has 0 aliphatic carbocycles. The maximum Gasteiger partial charge on any atom is 0.122 e. The van der Waals surface area contributed by atoms with Crippen LogP contribution < -0.4 is 10.1 Å². The normalized spacial score (nSPS) is 18.9.